The van der Waals surface area contributed by atoms with Crippen LogP contribution in [0, 0.1) is 18.8 Å². The summed E-state index contributed by atoms with van der Waals surface area (Å²) in [5.41, 5.74) is 1.37. The lowest BCUT2D eigenvalue weighted by Gasteiger charge is -2.36. The molecule has 10 nitrogen and oxygen atoms in total. The third-order valence-corrected chi connectivity index (χ3v) is 10.8. The van der Waals surface area contributed by atoms with Crippen LogP contribution >= 0.6 is 0 Å². The molecule has 4 atom stereocenters. The molecule has 0 saturated heterocycles. The van der Waals surface area contributed by atoms with Gasteiger partial charge in [-0.15, -0.1) is 0 Å². The first kappa shape index (κ1) is 36.7. The molecule has 11 heteroatoms. The molecule has 0 spiro atoms. The highest BCUT2D eigenvalue weighted by Gasteiger charge is 2.32. The van der Waals surface area contributed by atoms with Gasteiger partial charge in [0.2, 0.25) is 5.91 Å². The minimum absolute atomic E-state index is 0.0469. The molecule has 0 radical (unpaired) electrons. The number of carbonyl (C=O) groups is 2. The van der Waals surface area contributed by atoms with Crippen molar-refractivity contribution in [2.75, 3.05) is 38.1 Å². The Morgan fingerprint density at radius 1 is 1.04 bits per heavy atom. The Hall–Kier alpha value is -3.15. The van der Waals surface area contributed by atoms with Crippen LogP contribution in [0.1, 0.15) is 88.1 Å². The first-order valence-corrected chi connectivity index (χ1v) is 18.6. The van der Waals surface area contributed by atoms with E-state index in [4.69, 9.17) is 9.47 Å². The molecule has 2 aliphatic rings. The number of amides is 2. The van der Waals surface area contributed by atoms with Gasteiger partial charge in [-0.05, 0) is 83.2 Å². The number of likely N-dealkylation sites (N-methyl/N-ethyl adjacent to an activating group) is 1. The highest BCUT2D eigenvalue weighted by molar-refractivity contribution is 7.92. The highest BCUT2D eigenvalue weighted by atomic mass is 32.2. The molecule has 4 rings (SSSR count). The summed E-state index contributed by atoms with van der Waals surface area (Å²) in [7, 11) is -2.08. The SMILES string of the molecule is Cc1ccc(S(=O)(=O)Nc2ccc3c(c2)C(=O)N([C@@H](C)CO)C[C@@H](C)[C@H](CN(C)C(=O)C2CCCCC2)OCCCC[C@@H](C)O3)cc1. The Bertz CT molecular complexity index is 1440. The number of ether oxygens (including phenoxy) is 2. The van der Waals surface area contributed by atoms with Gasteiger partial charge >= 0.3 is 0 Å². The number of nitrogens with zero attached hydrogens (tertiary/aromatic N) is 2. The van der Waals surface area contributed by atoms with Crippen molar-refractivity contribution in [2.24, 2.45) is 11.8 Å². The van der Waals surface area contributed by atoms with Gasteiger partial charge in [0.1, 0.15) is 5.75 Å². The van der Waals surface area contributed by atoms with Crippen LogP contribution in [-0.2, 0) is 19.6 Å². The maximum Gasteiger partial charge on any atom is 0.261 e. The van der Waals surface area contributed by atoms with E-state index in [0.29, 0.717) is 18.9 Å². The van der Waals surface area contributed by atoms with Crippen LogP contribution in [0.4, 0.5) is 5.69 Å². The number of anilines is 1. The van der Waals surface area contributed by atoms with Gasteiger partial charge in [0.25, 0.3) is 15.9 Å². The monoisotopic (exact) mass is 671 g/mol. The van der Waals surface area contributed by atoms with Crippen molar-refractivity contribution < 1.29 is 32.6 Å². The predicted molar refractivity (Wildman–Crippen MR) is 183 cm³/mol. The Kier molecular flexibility index (Phi) is 13.1. The van der Waals surface area contributed by atoms with Crippen molar-refractivity contribution in [2.45, 2.75) is 102 Å². The summed E-state index contributed by atoms with van der Waals surface area (Å²) >= 11 is 0. The van der Waals surface area contributed by atoms with Crippen LogP contribution in [0.25, 0.3) is 0 Å². The summed E-state index contributed by atoms with van der Waals surface area (Å²) < 4.78 is 41.7. The molecule has 0 bridgehead atoms. The number of sulfonamides is 1. The number of aliphatic hydroxyl groups is 1. The molecule has 1 aliphatic carbocycles. The van der Waals surface area contributed by atoms with Gasteiger partial charge in [-0.1, -0.05) is 43.9 Å². The molecule has 1 fully saturated rings. The second-order valence-corrected chi connectivity index (χ2v) is 15.2. The zero-order valence-corrected chi connectivity index (χ0v) is 29.4. The topological polar surface area (TPSA) is 125 Å². The van der Waals surface area contributed by atoms with E-state index in [1.54, 1.807) is 41.0 Å². The Morgan fingerprint density at radius 2 is 1.72 bits per heavy atom. The van der Waals surface area contributed by atoms with E-state index in [1.165, 1.54) is 24.6 Å². The van der Waals surface area contributed by atoms with E-state index in [2.05, 4.69) is 4.72 Å². The number of aliphatic hydroxyl groups excluding tert-OH is 1. The third-order valence-electron chi connectivity index (χ3n) is 9.42. The first-order chi connectivity index (χ1) is 22.4. The van der Waals surface area contributed by atoms with E-state index < -0.39 is 16.1 Å². The zero-order valence-electron chi connectivity index (χ0n) is 28.6. The van der Waals surface area contributed by atoms with Crippen molar-refractivity contribution in [3.8, 4) is 5.75 Å². The van der Waals surface area contributed by atoms with Crippen molar-refractivity contribution >= 4 is 27.5 Å². The average molecular weight is 672 g/mol. The predicted octanol–water partition coefficient (Wildman–Crippen LogP) is 5.63. The average Bonchev–Trinajstić information content (AvgIpc) is 3.06. The first-order valence-electron chi connectivity index (χ1n) is 17.1. The molecule has 47 heavy (non-hydrogen) atoms. The van der Waals surface area contributed by atoms with Crippen LogP contribution in [0.15, 0.2) is 47.4 Å². The van der Waals surface area contributed by atoms with Crippen molar-refractivity contribution in [3.63, 3.8) is 0 Å². The fraction of sp³-hybridized carbons (Fsp3) is 0.611. The number of rotatable bonds is 8. The minimum Gasteiger partial charge on any atom is -0.490 e. The quantitative estimate of drug-likeness (QED) is 0.373. The Morgan fingerprint density at radius 3 is 2.40 bits per heavy atom. The highest BCUT2D eigenvalue weighted by Crippen LogP contribution is 2.30. The Labute approximate surface area is 280 Å². The molecule has 0 aromatic heterocycles. The largest absolute Gasteiger partial charge is 0.490 e. The fourth-order valence-corrected chi connectivity index (χ4v) is 7.45. The van der Waals surface area contributed by atoms with Gasteiger partial charge in [0, 0.05) is 44.3 Å². The molecule has 2 aromatic rings. The molecule has 2 amide bonds. The number of aryl methyl sites for hydroxylation is 1. The van der Waals surface area contributed by atoms with Crippen LogP contribution in [-0.4, -0.2) is 86.7 Å². The maximum atomic E-state index is 14.4. The lowest BCUT2D eigenvalue weighted by Crippen LogP contribution is -2.48. The molecule has 2 aromatic carbocycles. The molecule has 260 valence electrons. The molecule has 1 heterocycles. The van der Waals surface area contributed by atoms with Crippen LogP contribution in [0.2, 0.25) is 0 Å². The van der Waals surface area contributed by atoms with E-state index >= 15 is 0 Å². The summed E-state index contributed by atoms with van der Waals surface area (Å²) in [6.07, 6.45) is 7.04. The van der Waals surface area contributed by atoms with Gasteiger partial charge in [-0.25, -0.2) is 8.42 Å². The fourth-order valence-electron chi connectivity index (χ4n) is 6.40. The Balaban J connectivity index is 1.64. The van der Waals surface area contributed by atoms with Gasteiger partial charge < -0.3 is 24.4 Å². The van der Waals surface area contributed by atoms with Crippen LogP contribution < -0.4 is 9.46 Å². The normalized spacial score (nSPS) is 22.8. The molecule has 2 N–H and O–H groups in total. The summed E-state index contributed by atoms with van der Waals surface area (Å²) in [4.78, 5) is 31.2. The second-order valence-electron chi connectivity index (χ2n) is 13.5. The minimum atomic E-state index is -3.92. The van der Waals surface area contributed by atoms with E-state index in [1.807, 2.05) is 27.8 Å². The number of benzene rings is 2. The van der Waals surface area contributed by atoms with Gasteiger partial charge in [0.15, 0.2) is 0 Å². The lowest BCUT2D eigenvalue weighted by atomic mass is 9.88. The van der Waals surface area contributed by atoms with Crippen molar-refractivity contribution in [1.82, 2.24) is 9.80 Å². The van der Waals surface area contributed by atoms with E-state index in [-0.39, 0.29) is 65.2 Å². The number of carbonyl (C=O) groups excluding carboxylic acids is 2. The van der Waals surface area contributed by atoms with Crippen molar-refractivity contribution in [3.05, 3.63) is 53.6 Å². The number of fused-ring (bicyclic) bond motifs is 1. The summed E-state index contributed by atoms with van der Waals surface area (Å²) in [6.45, 7) is 8.53. The van der Waals surface area contributed by atoms with E-state index in [9.17, 15) is 23.1 Å². The second kappa shape index (κ2) is 16.8. The third kappa shape index (κ3) is 9.93. The van der Waals surface area contributed by atoms with Crippen molar-refractivity contribution in [1.29, 1.82) is 0 Å². The zero-order chi connectivity index (χ0) is 34.1. The number of nitrogens with one attached hydrogen (secondary N) is 1. The van der Waals surface area contributed by atoms with Gasteiger partial charge in [-0.3, -0.25) is 14.3 Å². The van der Waals surface area contributed by atoms with Crippen LogP contribution in [0.3, 0.4) is 0 Å². The molecule has 1 saturated carbocycles. The number of hydrogen-bond acceptors (Lipinski definition) is 7. The van der Waals surface area contributed by atoms with Crippen LogP contribution in [0.5, 0.6) is 5.75 Å². The summed E-state index contributed by atoms with van der Waals surface area (Å²) in [5, 5.41) is 10.2. The summed E-state index contributed by atoms with van der Waals surface area (Å²) in [6, 6.07) is 10.7. The molecular formula is C36H53N3O7S. The number of hydrogen-bond donors (Lipinski definition) is 2. The lowest BCUT2D eigenvalue weighted by molar-refractivity contribution is -0.137. The van der Waals surface area contributed by atoms with Gasteiger partial charge in [0.05, 0.1) is 35.3 Å². The smallest absolute Gasteiger partial charge is 0.261 e. The molecular weight excluding hydrogens is 618 g/mol. The summed E-state index contributed by atoms with van der Waals surface area (Å²) in [5.74, 6) is -0.0163. The maximum absolute atomic E-state index is 14.4. The standard InChI is InChI=1S/C36H53N3O7S/c1-25-14-17-31(18-15-25)47(43,44)37-30-16-19-33-32(21-30)36(42)39(27(3)24-40)22-26(2)34(45-20-10-9-11-28(4)46-33)23-38(5)35(41)29-12-7-6-8-13-29/h14-19,21,26-29,34,37,40H,6-13,20,22-24H2,1-5H3/t26-,27+,28-,34+/m1/s1. The molecule has 1 aliphatic heterocycles. The molecule has 0 unspecified atom stereocenters. The van der Waals surface area contributed by atoms with E-state index in [0.717, 1.165) is 50.5 Å². The van der Waals surface area contributed by atoms with Gasteiger partial charge in [-0.2, -0.15) is 0 Å².